The first-order valence-electron chi connectivity index (χ1n) is 3.92. The van der Waals surface area contributed by atoms with Crippen LogP contribution in [-0.2, 0) is 14.3 Å². The molecule has 3 N–H and O–H groups in total. The minimum Gasteiger partial charge on any atom is -0.499 e. The standard InChI is InChI=1S/C8H14O6/c1-5(7(11)8(12)13-2)14-4-6(10)3-9/h6,9-11H,3-4H2,1-2H3. The number of ether oxygens (including phenoxy) is 2. The molecule has 0 aromatic carbocycles. The van der Waals surface area contributed by atoms with Gasteiger partial charge in [0.15, 0.2) is 0 Å². The molecule has 1 atom stereocenters. The Balaban J connectivity index is 4.16. The van der Waals surface area contributed by atoms with E-state index >= 15 is 0 Å². The van der Waals surface area contributed by atoms with Gasteiger partial charge in [-0.25, -0.2) is 4.79 Å². The van der Waals surface area contributed by atoms with Gasteiger partial charge >= 0.3 is 5.97 Å². The van der Waals surface area contributed by atoms with Crippen LogP contribution in [0.2, 0.25) is 0 Å². The topological polar surface area (TPSA) is 96.2 Å². The van der Waals surface area contributed by atoms with E-state index < -0.39 is 24.4 Å². The van der Waals surface area contributed by atoms with Crippen molar-refractivity contribution in [3.8, 4) is 0 Å². The summed E-state index contributed by atoms with van der Waals surface area (Å²) in [6.45, 7) is 0.687. The van der Waals surface area contributed by atoms with E-state index in [2.05, 4.69) is 4.74 Å². The first-order chi connectivity index (χ1) is 6.52. The lowest BCUT2D eigenvalue weighted by Crippen LogP contribution is -2.19. The maximum Gasteiger partial charge on any atom is 0.376 e. The summed E-state index contributed by atoms with van der Waals surface area (Å²) in [4.78, 5) is 10.7. The van der Waals surface area contributed by atoms with Crippen LogP contribution in [-0.4, -0.2) is 47.7 Å². The van der Waals surface area contributed by atoms with Crippen LogP contribution in [0.15, 0.2) is 11.5 Å². The van der Waals surface area contributed by atoms with Crippen molar-refractivity contribution in [3.63, 3.8) is 0 Å². The van der Waals surface area contributed by atoms with Gasteiger partial charge in [-0.3, -0.25) is 0 Å². The molecule has 0 aliphatic heterocycles. The van der Waals surface area contributed by atoms with E-state index in [1.165, 1.54) is 6.92 Å². The maximum atomic E-state index is 10.7. The largest absolute Gasteiger partial charge is 0.499 e. The molecule has 0 fully saturated rings. The monoisotopic (exact) mass is 206 g/mol. The van der Waals surface area contributed by atoms with E-state index in [4.69, 9.17) is 20.1 Å². The number of rotatable bonds is 5. The molecule has 0 spiro atoms. The molecule has 0 rings (SSSR count). The summed E-state index contributed by atoms with van der Waals surface area (Å²) in [6, 6.07) is 0. The molecule has 0 radical (unpaired) electrons. The Morgan fingerprint density at radius 3 is 2.50 bits per heavy atom. The van der Waals surface area contributed by atoms with Crippen molar-refractivity contribution in [3.05, 3.63) is 11.5 Å². The normalized spacial score (nSPS) is 14.3. The Morgan fingerprint density at radius 2 is 2.07 bits per heavy atom. The Morgan fingerprint density at radius 1 is 1.50 bits per heavy atom. The van der Waals surface area contributed by atoms with Gasteiger partial charge < -0.3 is 24.8 Å². The molecule has 0 saturated carbocycles. The minimum absolute atomic E-state index is 0.0654. The van der Waals surface area contributed by atoms with Crippen LogP contribution in [0.25, 0.3) is 0 Å². The van der Waals surface area contributed by atoms with Crippen LogP contribution >= 0.6 is 0 Å². The lowest BCUT2D eigenvalue weighted by Gasteiger charge is -2.10. The molecule has 0 amide bonds. The molecular weight excluding hydrogens is 192 g/mol. The van der Waals surface area contributed by atoms with Gasteiger partial charge in [-0.05, 0) is 6.92 Å². The van der Waals surface area contributed by atoms with Crippen molar-refractivity contribution in [2.75, 3.05) is 20.3 Å². The van der Waals surface area contributed by atoms with Gasteiger partial charge in [-0.15, -0.1) is 0 Å². The van der Waals surface area contributed by atoms with E-state index in [1.54, 1.807) is 0 Å². The molecule has 0 aliphatic rings. The van der Waals surface area contributed by atoms with Crippen LogP contribution in [0.1, 0.15) is 6.92 Å². The number of carbonyl (C=O) groups is 1. The lowest BCUT2D eigenvalue weighted by molar-refractivity contribution is -0.139. The van der Waals surface area contributed by atoms with Crippen LogP contribution in [0.5, 0.6) is 0 Å². The van der Waals surface area contributed by atoms with Crippen LogP contribution in [0, 0.1) is 0 Å². The molecule has 0 saturated heterocycles. The van der Waals surface area contributed by atoms with E-state index in [0.717, 1.165) is 7.11 Å². The Hall–Kier alpha value is -1.27. The molecule has 0 aromatic heterocycles. The van der Waals surface area contributed by atoms with Crippen molar-refractivity contribution in [1.29, 1.82) is 0 Å². The van der Waals surface area contributed by atoms with Crippen LogP contribution in [0.4, 0.5) is 0 Å². The predicted octanol–water partition coefficient (Wildman–Crippen LogP) is -0.681. The number of hydrogen-bond donors (Lipinski definition) is 3. The molecule has 14 heavy (non-hydrogen) atoms. The Bertz CT molecular complexity index is 222. The summed E-state index contributed by atoms with van der Waals surface area (Å²) in [6.07, 6.45) is -1.05. The highest BCUT2D eigenvalue weighted by atomic mass is 16.5. The summed E-state index contributed by atoms with van der Waals surface area (Å²) in [5.74, 6) is -1.64. The molecule has 0 heterocycles. The molecule has 6 heteroatoms. The summed E-state index contributed by atoms with van der Waals surface area (Å²) in [5, 5.41) is 26.4. The fourth-order valence-electron chi connectivity index (χ4n) is 0.583. The smallest absolute Gasteiger partial charge is 0.376 e. The summed E-state index contributed by atoms with van der Waals surface area (Å²) < 4.78 is 9.03. The number of hydrogen-bond acceptors (Lipinski definition) is 6. The zero-order valence-corrected chi connectivity index (χ0v) is 8.06. The summed E-state index contributed by atoms with van der Waals surface area (Å²) >= 11 is 0. The average molecular weight is 206 g/mol. The molecule has 0 aromatic rings. The molecule has 1 unspecified atom stereocenters. The van der Waals surface area contributed by atoms with Gasteiger partial charge in [0.2, 0.25) is 5.76 Å². The fraction of sp³-hybridized carbons (Fsp3) is 0.625. The third-order valence-corrected chi connectivity index (χ3v) is 1.42. The zero-order chi connectivity index (χ0) is 11.1. The van der Waals surface area contributed by atoms with Gasteiger partial charge in [-0.2, -0.15) is 0 Å². The molecule has 82 valence electrons. The predicted molar refractivity (Wildman–Crippen MR) is 46.4 cm³/mol. The highest BCUT2D eigenvalue weighted by Crippen LogP contribution is 2.04. The maximum absolute atomic E-state index is 10.7. The van der Waals surface area contributed by atoms with Crippen molar-refractivity contribution < 1.29 is 29.6 Å². The van der Waals surface area contributed by atoms with Gasteiger partial charge in [0.05, 0.1) is 13.7 Å². The van der Waals surface area contributed by atoms with Crippen LogP contribution < -0.4 is 0 Å². The van der Waals surface area contributed by atoms with Crippen molar-refractivity contribution in [2.24, 2.45) is 0 Å². The quantitative estimate of drug-likeness (QED) is 0.313. The first kappa shape index (κ1) is 12.7. The third-order valence-electron chi connectivity index (χ3n) is 1.42. The molecule has 0 bridgehead atoms. The number of allylic oxidation sites excluding steroid dienone is 1. The second-order valence-corrected chi connectivity index (χ2v) is 2.54. The van der Waals surface area contributed by atoms with Crippen molar-refractivity contribution >= 4 is 5.97 Å². The van der Waals surface area contributed by atoms with E-state index in [0.29, 0.717) is 0 Å². The number of esters is 1. The minimum atomic E-state index is -1.05. The number of carbonyl (C=O) groups excluding carboxylic acids is 1. The third kappa shape index (κ3) is 4.11. The van der Waals surface area contributed by atoms with Gasteiger partial charge in [0.1, 0.15) is 18.5 Å². The lowest BCUT2D eigenvalue weighted by atomic mass is 10.4. The molecule has 0 aliphatic carbocycles. The second-order valence-electron chi connectivity index (χ2n) is 2.54. The Labute approximate surface area is 81.4 Å². The summed E-state index contributed by atoms with van der Waals surface area (Å²) in [5.41, 5.74) is 0. The van der Waals surface area contributed by atoms with Gasteiger partial charge in [-0.1, -0.05) is 0 Å². The number of aliphatic hydroxyl groups is 3. The van der Waals surface area contributed by atoms with E-state index in [-0.39, 0.29) is 12.4 Å². The second kappa shape index (κ2) is 6.22. The Kier molecular flexibility index (Phi) is 5.66. The molecular formula is C8H14O6. The summed E-state index contributed by atoms with van der Waals surface area (Å²) in [7, 11) is 1.12. The molecule has 6 nitrogen and oxygen atoms in total. The first-order valence-corrected chi connectivity index (χ1v) is 3.92. The van der Waals surface area contributed by atoms with Gasteiger partial charge in [0, 0.05) is 0 Å². The van der Waals surface area contributed by atoms with Crippen molar-refractivity contribution in [2.45, 2.75) is 13.0 Å². The van der Waals surface area contributed by atoms with E-state index in [9.17, 15) is 4.79 Å². The van der Waals surface area contributed by atoms with Crippen molar-refractivity contribution in [1.82, 2.24) is 0 Å². The number of aliphatic hydroxyl groups excluding tert-OH is 3. The van der Waals surface area contributed by atoms with E-state index in [1.807, 2.05) is 0 Å². The fourth-order valence-corrected chi connectivity index (χ4v) is 0.583. The SMILES string of the molecule is COC(=O)C(O)=C(C)OCC(O)CO. The van der Waals surface area contributed by atoms with Gasteiger partial charge in [0.25, 0.3) is 0 Å². The zero-order valence-electron chi connectivity index (χ0n) is 8.06. The highest BCUT2D eigenvalue weighted by molar-refractivity contribution is 5.85. The average Bonchev–Trinajstić information content (AvgIpc) is 2.22. The number of methoxy groups -OCH3 is 1. The van der Waals surface area contributed by atoms with Crippen LogP contribution in [0.3, 0.4) is 0 Å². The highest BCUT2D eigenvalue weighted by Gasteiger charge is 2.13.